The summed E-state index contributed by atoms with van der Waals surface area (Å²) in [5, 5.41) is 55.5. The Labute approximate surface area is 213 Å². The van der Waals surface area contributed by atoms with E-state index in [1.165, 1.54) is 41.5 Å². The summed E-state index contributed by atoms with van der Waals surface area (Å²) in [6.45, 7) is 9.22. The summed E-state index contributed by atoms with van der Waals surface area (Å²) >= 11 is 0. The van der Waals surface area contributed by atoms with E-state index in [2.05, 4.69) is 0 Å². The second kappa shape index (κ2) is 69.7. The van der Waals surface area contributed by atoms with Crippen molar-refractivity contribution in [2.75, 3.05) is 0 Å². The van der Waals surface area contributed by atoms with Crippen molar-refractivity contribution in [3.05, 3.63) is 0 Å². The van der Waals surface area contributed by atoms with Gasteiger partial charge < -0.3 is 96.3 Å². The number of hydrogen-bond acceptors (Lipinski definition) is 12. The van der Waals surface area contributed by atoms with E-state index in [9.17, 15) is 59.4 Å². The summed E-state index contributed by atoms with van der Waals surface area (Å²) in [5.41, 5.74) is 0. The van der Waals surface area contributed by atoms with Crippen LogP contribution in [0.25, 0.3) is 0 Å². The molecule has 18 nitrogen and oxygen atoms in total. The first-order valence-corrected chi connectivity index (χ1v) is 8.81. The van der Waals surface area contributed by atoms with Gasteiger partial charge >= 0.3 is 0 Å². The minimum Gasteiger partial charge on any atom is -0.550 e. The van der Waals surface area contributed by atoms with Gasteiger partial charge in [-0.25, -0.2) is 0 Å². The van der Waals surface area contributed by atoms with E-state index in [0.717, 1.165) is 0 Å². The Morgan fingerprint density at radius 1 is 0.306 bits per heavy atom. The van der Waals surface area contributed by atoms with Crippen molar-refractivity contribution in [3.63, 3.8) is 0 Å². The van der Waals surface area contributed by atoms with Crippen LogP contribution in [0.5, 0.6) is 0 Å². The first-order chi connectivity index (χ1) is 13.6. The fourth-order valence-electron chi connectivity index (χ4n) is 0. The summed E-state index contributed by atoms with van der Waals surface area (Å²) in [6.07, 6.45) is 0.667. The lowest BCUT2D eigenvalue weighted by Crippen LogP contribution is -2.20. The molecular weight excluding hydrogens is 492 g/mol. The van der Waals surface area contributed by atoms with Gasteiger partial charge in [-0.1, -0.05) is 41.5 Å². The predicted molar refractivity (Wildman–Crippen MR) is 128 cm³/mol. The van der Waals surface area contributed by atoms with E-state index in [1.54, 1.807) is 0 Å². The largest absolute Gasteiger partial charge is 0.550 e. The van der Waals surface area contributed by atoms with Crippen molar-refractivity contribution in [1.29, 1.82) is 0 Å². The smallest absolute Gasteiger partial charge is 0.0411 e. The van der Waals surface area contributed by atoms with Gasteiger partial charge in [0.2, 0.25) is 0 Å². The number of aliphatic carboxylic acids is 6. The third-order valence-electron chi connectivity index (χ3n) is 1.73. The van der Waals surface area contributed by atoms with E-state index in [0.29, 0.717) is 0 Å². The van der Waals surface area contributed by atoms with Gasteiger partial charge in [-0.05, 0) is 38.5 Å². The molecule has 0 aromatic heterocycles. The Hall–Kier alpha value is -3.42. The van der Waals surface area contributed by atoms with E-state index in [4.69, 9.17) is 0 Å². The second-order valence-electron chi connectivity index (χ2n) is 4.35. The Morgan fingerprint density at radius 2 is 0.333 bits per heavy atom. The lowest BCUT2D eigenvalue weighted by molar-refractivity contribution is -0.306. The zero-order valence-electron chi connectivity index (χ0n) is 24.1. The summed E-state index contributed by atoms with van der Waals surface area (Å²) in [7, 11) is 0. The van der Waals surface area contributed by atoms with Gasteiger partial charge in [0, 0.05) is 35.8 Å². The van der Waals surface area contributed by atoms with Gasteiger partial charge in [0.25, 0.3) is 0 Å². The highest BCUT2D eigenvalue weighted by molar-refractivity contribution is 5.64. The molecule has 0 aromatic carbocycles. The van der Waals surface area contributed by atoms with Gasteiger partial charge in [-0.15, -0.1) is 0 Å². The van der Waals surface area contributed by atoms with Crippen LogP contribution in [0.2, 0.25) is 0 Å². The predicted octanol–water partition coefficient (Wildman–Crippen LogP) is -2.87. The number of quaternary nitrogens is 6. The maximum absolute atomic E-state index is 9.26. The van der Waals surface area contributed by atoms with E-state index in [1.807, 2.05) is 0 Å². The van der Waals surface area contributed by atoms with E-state index >= 15 is 0 Å². The van der Waals surface area contributed by atoms with Crippen molar-refractivity contribution >= 4 is 35.8 Å². The van der Waals surface area contributed by atoms with Crippen molar-refractivity contribution in [3.8, 4) is 0 Å². The highest BCUT2D eigenvalue weighted by Gasteiger charge is 1.67. The van der Waals surface area contributed by atoms with Crippen LogP contribution in [0.1, 0.15) is 80.1 Å². The molecule has 36 heavy (non-hydrogen) atoms. The molecule has 0 unspecified atom stereocenters. The van der Waals surface area contributed by atoms with Crippen molar-refractivity contribution in [2.45, 2.75) is 80.1 Å². The fraction of sp³-hybridized carbons (Fsp3) is 0.667. The average molecular weight is 547 g/mol. The van der Waals surface area contributed by atoms with Crippen molar-refractivity contribution < 1.29 is 59.4 Å². The Bertz CT molecular complexity index is 373. The molecule has 18 heteroatoms. The lowest BCUT2D eigenvalue weighted by Gasteiger charge is -1.87. The molecule has 0 heterocycles. The number of carboxylic acids is 6. The maximum Gasteiger partial charge on any atom is 0.0411 e. The summed E-state index contributed by atoms with van der Waals surface area (Å²) in [6, 6.07) is 0. The van der Waals surface area contributed by atoms with Crippen molar-refractivity contribution in [2.24, 2.45) is 0 Å². The highest BCUT2D eigenvalue weighted by Crippen LogP contribution is 1.64. The van der Waals surface area contributed by atoms with Crippen LogP contribution in [0, 0.1) is 0 Å². The van der Waals surface area contributed by atoms with Crippen LogP contribution >= 0.6 is 0 Å². The van der Waals surface area contributed by atoms with E-state index in [-0.39, 0.29) is 75.4 Å². The minimum atomic E-state index is -0.995. The number of carbonyl (C=O) groups is 6. The molecule has 0 aliphatic rings. The highest BCUT2D eigenvalue weighted by atomic mass is 16.4. The number of rotatable bonds is 6. The summed E-state index contributed by atoms with van der Waals surface area (Å²) in [5.74, 6) is -5.97. The number of carboxylic acid groups (broad SMARTS) is 6. The molecule has 0 radical (unpaired) electrons. The molecule has 0 saturated heterocycles. The third kappa shape index (κ3) is 363. The molecule has 24 N–H and O–H groups in total. The molecule has 0 spiro atoms. The number of hydrogen-bond donors (Lipinski definition) is 6. The normalized spacial score (nSPS) is 6.17. The zero-order chi connectivity index (χ0) is 25.7. The summed E-state index contributed by atoms with van der Waals surface area (Å²) in [4.78, 5) is 55.5. The Kier molecular flexibility index (Phi) is 149. The average Bonchev–Trinajstić information content (AvgIpc) is 2.69. The van der Waals surface area contributed by atoms with Crippen LogP contribution in [0.3, 0.4) is 0 Å². The molecule has 0 rings (SSSR count). The molecule has 0 atom stereocenters. The van der Waals surface area contributed by atoms with Gasteiger partial charge in [0.05, 0.1) is 0 Å². The quantitative estimate of drug-likeness (QED) is 0.196. The topological polar surface area (TPSA) is 460 Å². The number of carbonyl (C=O) groups excluding carboxylic acids is 6. The molecule has 0 aromatic rings. The van der Waals surface area contributed by atoms with Crippen molar-refractivity contribution in [1.82, 2.24) is 36.9 Å². The van der Waals surface area contributed by atoms with Crippen LogP contribution in [-0.2, 0) is 28.8 Å². The van der Waals surface area contributed by atoms with Gasteiger partial charge in [0.15, 0.2) is 0 Å². The molecular formula is C18H54N6O12. The fourth-order valence-corrected chi connectivity index (χ4v) is 0. The molecule has 0 aliphatic carbocycles. The third-order valence-corrected chi connectivity index (χ3v) is 1.73. The van der Waals surface area contributed by atoms with Gasteiger partial charge in [-0.3, -0.25) is 0 Å². The van der Waals surface area contributed by atoms with Gasteiger partial charge in [-0.2, -0.15) is 0 Å². The standard InChI is InChI=1S/6C3H6O2.6H3N/c6*1-2-3(4)5;;;;;;/h6*2H2,1H3,(H,4,5);6*1H3. The van der Waals surface area contributed by atoms with Crippen LogP contribution < -0.4 is 67.5 Å². The van der Waals surface area contributed by atoms with E-state index < -0.39 is 35.8 Å². The minimum absolute atomic E-state index is 0. The molecule has 0 bridgehead atoms. The zero-order valence-corrected chi connectivity index (χ0v) is 24.1. The molecule has 0 fully saturated rings. The first-order valence-electron chi connectivity index (χ1n) is 8.81. The molecule has 0 aliphatic heterocycles. The first kappa shape index (κ1) is 76.7. The van der Waals surface area contributed by atoms with Crippen LogP contribution in [-0.4, -0.2) is 35.8 Å². The van der Waals surface area contributed by atoms with Crippen LogP contribution in [0.15, 0.2) is 0 Å². The lowest BCUT2D eigenvalue weighted by atomic mass is 10.5. The monoisotopic (exact) mass is 546 g/mol. The Morgan fingerprint density at radius 3 is 0.333 bits per heavy atom. The Balaban J connectivity index is -0.0000000186. The van der Waals surface area contributed by atoms with Gasteiger partial charge in [0.1, 0.15) is 0 Å². The second-order valence-corrected chi connectivity index (χ2v) is 4.35. The molecule has 0 saturated carbocycles. The SMILES string of the molecule is CCC(=O)[O-].CCC(=O)[O-].CCC(=O)[O-].CCC(=O)[O-].CCC(=O)[O-].CCC(=O)[O-].[NH4+].[NH4+].[NH4+].[NH4+].[NH4+].[NH4+]. The van der Waals surface area contributed by atoms with Crippen LogP contribution in [0.4, 0.5) is 0 Å². The summed E-state index contributed by atoms with van der Waals surface area (Å²) < 4.78 is 0. The molecule has 228 valence electrons. The molecule has 0 amide bonds. The maximum atomic E-state index is 9.26.